The number of hydrogen-bond acceptors (Lipinski definition) is 5. The van der Waals surface area contributed by atoms with Crippen molar-refractivity contribution in [2.75, 3.05) is 6.54 Å². The zero-order valence-electron chi connectivity index (χ0n) is 12.0. The lowest BCUT2D eigenvalue weighted by molar-refractivity contribution is 0.0318. The Morgan fingerprint density at radius 1 is 1.15 bits per heavy atom. The van der Waals surface area contributed by atoms with Crippen molar-refractivity contribution >= 4 is 0 Å². The van der Waals surface area contributed by atoms with Crippen LogP contribution in [0, 0.1) is 0 Å². The Balaban J connectivity index is 1.91. The Morgan fingerprint density at radius 3 is 2.50 bits per heavy atom. The van der Waals surface area contributed by atoms with E-state index in [1.54, 1.807) is 0 Å². The Kier molecular flexibility index (Phi) is 4.87. The van der Waals surface area contributed by atoms with Crippen molar-refractivity contribution in [3.8, 4) is 11.5 Å². The number of nitrogens with one attached hydrogen (secondary N) is 1. The smallest absolute Gasteiger partial charge is 0.247 e. The Labute approximate surface area is 119 Å². The molecule has 0 amide bonds. The molecule has 0 spiro atoms. The maximum Gasteiger partial charge on any atom is 0.247 e. The second-order valence-electron chi connectivity index (χ2n) is 4.90. The van der Waals surface area contributed by atoms with Crippen molar-refractivity contribution in [3.63, 3.8) is 0 Å². The number of hydrogen-bond donors (Lipinski definition) is 2. The van der Waals surface area contributed by atoms with Crippen LogP contribution < -0.4 is 5.32 Å². The molecular formula is C15H21N3O2. The van der Waals surface area contributed by atoms with Gasteiger partial charge in [0.15, 0.2) is 0 Å². The normalized spacial score (nSPS) is 11.8. The molecule has 5 heteroatoms. The average molecular weight is 275 g/mol. The Hall–Kier alpha value is -1.72. The fourth-order valence-corrected chi connectivity index (χ4v) is 1.92. The van der Waals surface area contributed by atoms with E-state index >= 15 is 0 Å². The van der Waals surface area contributed by atoms with Crippen molar-refractivity contribution < 1.29 is 9.52 Å². The van der Waals surface area contributed by atoms with E-state index < -0.39 is 5.60 Å². The molecule has 0 saturated carbocycles. The molecule has 20 heavy (non-hydrogen) atoms. The fourth-order valence-electron chi connectivity index (χ4n) is 1.92. The molecule has 2 rings (SSSR count). The van der Waals surface area contributed by atoms with Crippen molar-refractivity contribution in [1.82, 2.24) is 15.5 Å². The largest absolute Gasteiger partial charge is 0.419 e. The van der Waals surface area contributed by atoms with Gasteiger partial charge >= 0.3 is 0 Å². The van der Waals surface area contributed by atoms with E-state index in [0.29, 0.717) is 24.9 Å². The molecule has 0 aliphatic carbocycles. The van der Waals surface area contributed by atoms with Crippen molar-refractivity contribution in [2.45, 2.75) is 38.8 Å². The molecule has 0 aliphatic heterocycles. The summed E-state index contributed by atoms with van der Waals surface area (Å²) in [6.45, 7) is 4.93. The first kappa shape index (κ1) is 14.7. The van der Waals surface area contributed by atoms with E-state index in [1.807, 2.05) is 44.2 Å². The van der Waals surface area contributed by atoms with Gasteiger partial charge in [-0.1, -0.05) is 32.0 Å². The monoisotopic (exact) mass is 275 g/mol. The average Bonchev–Trinajstić information content (AvgIpc) is 2.97. The Bertz CT molecular complexity index is 521. The second kappa shape index (κ2) is 6.63. The molecular weight excluding hydrogens is 254 g/mol. The summed E-state index contributed by atoms with van der Waals surface area (Å²) in [7, 11) is 0. The topological polar surface area (TPSA) is 71.2 Å². The zero-order chi connectivity index (χ0) is 14.4. The van der Waals surface area contributed by atoms with E-state index in [1.165, 1.54) is 0 Å². The highest BCUT2D eigenvalue weighted by molar-refractivity contribution is 5.51. The SMILES string of the molecule is CCC(O)(CC)CNCc1nnc(-c2ccccc2)o1. The van der Waals surface area contributed by atoms with Gasteiger partial charge in [0.05, 0.1) is 12.1 Å². The van der Waals surface area contributed by atoms with E-state index in [2.05, 4.69) is 15.5 Å². The molecule has 0 saturated heterocycles. The summed E-state index contributed by atoms with van der Waals surface area (Å²) >= 11 is 0. The number of nitrogens with zero attached hydrogens (tertiary/aromatic N) is 2. The summed E-state index contributed by atoms with van der Waals surface area (Å²) in [5.41, 5.74) is 0.243. The van der Waals surface area contributed by atoms with Crippen LogP contribution in [0.5, 0.6) is 0 Å². The van der Waals surface area contributed by atoms with Gasteiger partial charge < -0.3 is 14.8 Å². The first-order chi connectivity index (χ1) is 9.67. The lowest BCUT2D eigenvalue weighted by Gasteiger charge is -2.25. The van der Waals surface area contributed by atoms with Crippen LogP contribution in [0.15, 0.2) is 34.7 Å². The maximum atomic E-state index is 10.2. The molecule has 1 aromatic carbocycles. The lowest BCUT2D eigenvalue weighted by atomic mass is 9.98. The lowest BCUT2D eigenvalue weighted by Crippen LogP contribution is -2.39. The van der Waals surface area contributed by atoms with Gasteiger partial charge in [-0.15, -0.1) is 10.2 Å². The minimum atomic E-state index is -0.664. The van der Waals surface area contributed by atoms with Gasteiger partial charge in [0, 0.05) is 12.1 Å². The second-order valence-corrected chi connectivity index (χ2v) is 4.90. The summed E-state index contributed by atoms with van der Waals surface area (Å²) in [6, 6.07) is 9.66. The standard InChI is InChI=1S/C15H21N3O2/c1-3-15(19,4-2)11-16-10-13-17-18-14(20-13)12-8-6-5-7-9-12/h5-9,16,19H,3-4,10-11H2,1-2H3. The van der Waals surface area contributed by atoms with Crippen LogP contribution in [0.4, 0.5) is 0 Å². The fraction of sp³-hybridized carbons (Fsp3) is 0.467. The van der Waals surface area contributed by atoms with Crippen LogP contribution in [0.2, 0.25) is 0 Å². The van der Waals surface area contributed by atoms with E-state index in [9.17, 15) is 5.11 Å². The molecule has 0 aliphatic rings. The molecule has 1 aromatic heterocycles. The van der Waals surface area contributed by atoms with Gasteiger partial charge in [0.1, 0.15) is 0 Å². The highest BCUT2D eigenvalue weighted by Gasteiger charge is 2.21. The summed E-state index contributed by atoms with van der Waals surface area (Å²) in [6.07, 6.45) is 1.44. The molecule has 1 heterocycles. The molecule has 0 bridgehead atoms. The highest BCUT2D eigenvalue weighted by atomic mass is 16.4. The number of rotatable bonds is 7. The van der Waals surface area contributed by atoms with Crippen LogP contribution in [0.25, 0.3) is 11.5 Å². The quantitative estimate of drug-likeness (QED) is 0.811. The summed E-state index contributed by atoms with van der Waals surface area (Å²) in [5.74, 6) is 1.04. The van der Waals surface area contributed by atoms with Crippen LogP contribution in [-0.2, 0) is 6.54 Å². The first-order valence-corrected chi connectivity index (χ1v) is 6.98. The van der Waals surface area contributed by atoms with E-state index in [4.69, 9.17) is 4.42 Å². The minimum absolute atomic E-state index is 0.460. The summed E-state index contributed by atoms with van der Waals surface area (Å²) < 4.78 is 5.59. The van der Waals surface area contributed by atoms with E-state index in [0.717, 1.165) is 18.4 Å². The molecule has 0 fully saturated rings. The third-order valence-electron chi connectivity index (χ3n) is 3.53. The zero-order valence-corrected chi connectivity index (χ0v) is 12.0. The number of aromatic nitrogens is 2. The summed E-state index contributed by atoms with van der Waals surface area (Å²) in [4.78, 5) is 0. The van der Waals surface area contributed by atoms with Crippen molar-refractivity contribution in [2.24, 2.45) is 0 Å². The number of benzene rings is 1. The van der Waals surface area contributed by atoms with Gasteiger partial charge in [0.2, 0.25) is 11.8 Å². The molecule has 0 unspecified atom stereocenters. The van der Waals surface area contributed by atoms with Gasteiger partial charge in [0.25, 0.3) is 0 Å². The molecule has 5 nitrogen and oxygen atoms in total. The van der Waals surface area contributed by atoms with Crippen LogP contribution in [0.1, 0.15) is 32.6 Å². The molecule has 2 N–H and O–H groups in total. The maximum absolute atomic E-state index is 10.2. The van der Waals surface area contributed by atoms with E-state index in [-0.39, 0.29) is 0 Å². The van der Waals surface area contributed by atoms with Gasteiger partial charge in [-0.2, -0.15) is 0 Å². The van der Waals surface area contributed by atoms with Crippen molar-refractivity contribution in [1.29, 1.82) is 0 Å². The first-order valence-electron chi connectivity index (χ1n) is 6.98. The molecule has 108 valence electrons. The van der Waals surface area contributed by atoms with Crippen LogP contribution in [-0.4, -0.2) is 27.4 Å². The van der Waals surface area contributed by atoms with Gasteiger partial charge in [-0.05, 0) is 25.0 Å². The Morgan fingerprint density at radius 2 is 1.85 bits per heavy atom. The van der Waals surface area contributed by atoms with Crippen LogP contribution >= 0.6 is 0 Å². The molecule has 0 atom stereocenters. The summed E-state index contributed by atoms with van der Waals surface area (Å²) in [5, 5.41) is 21.3. The predicted octanol–water partition coefficient (Wildman–Crippen LogP) is 2.38. The molecule has 0 radical (unpaired) electrons. The minimum Gasteiger partial charge on any atom is -0.419 e. The van der Waals surface area contributed by atoms with Gasteiger partial charge in [-0.25, -0.2) is 0 Å². The predicted molar refractivity (Wildman–Crippen MR) is 77.0 cm³/mol. The third-order valence-corrected chi connectivity index (χ3v) is 3.53. The van der Waals surface area contributed by atoms with Gasteiger partial charge in [-0.3, -0.25) is 0 Å². The van der Waals surface area contributed by atoms with Crippen LogP contribution in [0.3, 0.4) is 0 Å². The number of aliphatic hydroxyl groups is 1. The third kappa shape index (κ3) is 3.65. The molecule has 2 aromatic rings. The van der Waals surface area contributed by atoms with Crippen molar-refractivity contribution in [3.05, 3.63) is 36.2 Å². The highest BCUT2D eigenvalue weighted by Crippen LogP contribution is 2.17.